The molecule has 2 N–H and O–H groups in total. The van der Waals surface area contributed by atoms with Crippen LogP contribution in [-0.4, -0.2) is 36.7 Å². The number of rotatable bonds is 6. The SMILES string of the molecule is CN=C(NCCOc1cccc2c1OC(C)(C)C2)NCc1sc(C)nc1C. The van der Waals surface area contributed by atoms with Crippen molar-refractivity contribution >= 4 is 17.3 Å². The van der Waals surface area contributed by atoms with Gasteiger partial charge in [-0.15, -0.1) is 11.3 Å². The fourth-order valence-electron chi connectivity index (χ4n) is 3.15. The molecule has 0 spiro atoms. The molecule has 2 aromatic rings. The van der Waals surface area contributed by atoms with Crippen LogP contribution in [0.1, 0.15) is 35.0 Å². The number of ether oxygens (including phenoxy) is 2. The molecule has 0 atom stereocenters. The maximum absolute atomic E-state index is 6.04. The van der Waals surface area contributed by atoms with Crippen molar-refractivity contribution in [3.8, 4) is 11.5 Å². The largest absolute Gasteiger partial charge is 0.488 e. The summed E-state index contributed by atoms with van der Waals surface area (Å²) in [6.45, 7) is 10.1. The number of benzene rings is 1. The summed E-state index contributed by atoms with van der Waals surface area (Å²) >= 11 is 1.71. The topological polar surface area (TPSA) is 67.8 Å². The lowest BCUT2D eigenvalue weighted by Gasteiger charge is -2.18. The molecule has 7 heteroatoms. The zero-order valence-electron chi connectivity index (χ0n) is 16.7. The maximum atomic E-state index is 6.04. The molecule has 0 radical (unpaired) electrons. The van der Waals surface area contributed by atoms with E-state index in [9.17, 15) is 0 Å². The predicted octanol–water partition coefficient (Wildman–Crippen LogP) is 3.22. The van der Waals surface area contributed by atoms with E-state index in [1.165, 1.54) is 10.4 Å². The first kappa shape index (κ1) is 19.5. The van der Waals surface area contributed by atoms with Gasteiger partial charge in [0.25, 0.3) is 0 Å². The Balaban J connectivity index is 1.46. The molecule has 0 unspecified atom stereocenters. The first-order chi connectivity index (χ1) is 12.9. The first-order valence-corrected chi connectivity index (χ1v) is 10.0. The molecule has 0 amide bonds. The molecule has 0 saturated heterocycles. The Morgan fingerprint density at radius 1 is 1.33 bits per heavy atom. The third kappa shape index (κ3) is 4.91. The van der Waals surface area contributed by atoms with E-state index in [2.05, 4.69) is 40.5 Å². The Morgan fingerprint density at radius 2 is 2.15 bits per heavy atom. The minimum atomic E-state index is -0.168. The maximum Gasteiger partial charge on any atom is 0.191 e. The summed E-state index contributed by atoms with van der Waals surface area (Å²) in [6.07, 6.45) is 0.908. The number of nitrogens with zero attached hydrogens (tertiary/aromatic N) is 2. The Morgan fingerprint density at radius 3 is 2.85 bits per heavy atom. The lowest BCUT2D eigenvalue weighted by Crippen LogP contribution is -2.38. The molecule has 1 aromatic heterocycles. The fourth-order valence-corrected chi connectivity index (χ4v) is 4.03. The van der Waals surface area contributed by atoms with E-state index in [1.807, 2.05) is 26.0 Å². The Kier molecular flexibility index (Phi) is 5.89. The van der Waals surface area contributed by atoms with E-state index in [0.717, 1.165) is 34.6 Å². The van der Waals surface area contributed by atoms with E-state index < -0.39 is 0 Å². The lowest BCUT2D eigenvalue weighted by molar-refractivity contribution is 0.132. The normalized spacial score (nSPS) is 15.2. The quantitative estimate of drug-likeness (QED) is 0.452. The highest BCUT2D eigenvalue weighted by Gasteiger charge is 2.32. The van der Waals surface area contributed by atoms with Gasteiger partial charge >= 0.3 is 0 Å². The molecule has 0 bridgehead atoms. The number of aromatic nitrogens is 1. The van der Waals surface area contributed by atoms with Crippen LogP contribution in [0.4, 0.5) is 0 Å². The Labute approximate surface area is 165 Å². The van der Waals surface area contributed by atoms with E-state index in [-0.39, 0.29) is 5.60 Å². The van der Waals surface area contributed by atoms with Crippen molar-refractivity contribution in [3.63, 3.8) is 0 Å². The summed E-state index contributed by atoms with van der Waals surface area (Å²) in [5, 5.41) is 7.68. The van der Waals surface area contributed by atoms with Gasteiger partial charge in [0, 0.05) is 23.9 Å². The second kappa shape index (κ2) is 8.17. The summed E-state index contributed by atoms with van der Waals surface area (Å²) < 4.78 is 12.0. The summed E-state index contributed by atoms with van der Waals surface area (Å²) in [5.41, 5.74) is 2.11. The summed E-state index contributed by atoms with van der Waals surface area (Å²) in [4.78, 5) is 9.94. The Hall–Kier alpha value is -2.28. The molecule has 146 valence electrons. The van der Waals surface area contributed by atoms with Crippen molar-refractivity contribution in [2.75, 3.05) is 20.2 Å². The number of aliphatic imine (C=N–C) groups is 1. The Bertz CT molecular complexity index is 829. The smallest absolute Gasteiger partial charge is 0.191 e. The number of hydrogen-bond donors (Lipinski definition) is 2. The van der Waals surface area contributed by atoms with Crippen LogP contribution in [-0.2, 0) is 13.0 Å². The van der Waals surface area contributed by atoms with Gasteiger partial charge in [0.2, 0.25) is 0 Å². The lowest BCUT2D eigenvalue weighted by atomic mass is 10.0. The number of nitrogens with one attached hydrogen (secondary N) is 2. The van der Waals surface area contributed by atoms with Crippen LogP contribution in [0, 0.1) is 13.8 Å². The van der Waals surface area contributed by atoms with Crippen molar-refractivity contribution in [1.82, 2.24) is 15.6 Å². The van der Waals surface area contributed by atoms with Gasteiger partial charge < -0.3 is 20.1 Å². The van der Waals surface area contributed by atoms with Crippen molar-refractivity contribution in [2.24, 2.45) is 4.99 Å². The second-order valence-electron chi connectivity index (χ2n) is 7.23. The average molecular weight is 389 g/mol. The van der Waals surface area contributed by atoms with Gasteiger partial charge in [0.15, 0.2) is 17.5 Å². The fraction of sp³-hybridized carbons (Fsp3) is 0.500. The van der Waals surface area contributed by atoms with Gasteiger partial charge in [-0.3, -0.25) is 4.99 Å². The molecule has 1 aliphatic heterocycles. The third-order valence-electron chi connectivity index (χ3n) is 4.35. The van der Waals surface area contributed by atoms with Gasteiger partial charge in [-0.05, 0) is 33.8 Å². The number of fused-ring (bicyclic) bond motifs is 1. The number of guanidine groups is 1. The number of para-hydroxylation sites is 1. The van der Waals surface area contributed by atoms with Gasteiger partial charge in [-0.2, -0.15) is 0 Å². The minimum absolute atomic E-state index is 0.168. The summed E-state index contributed by atoms with van der Waals surface area (Å²) in [6, 6.07) is 6.08. The average Bonchev–Trinajstić information content (AvgIpc) is 3.11. The number of thiazole rings is 1. The molecular formula is C20H28N4O2S. The molecule has 0 aliphatic carbocycles. The molecule has 2 heterocycles. The summed E-state index contributed by atoms with van der Waals surface area (Å²) in [7, 11) is 1.76. The van der Waals surface area contributed by atoms with Crippen LogP contribution in [0.2, 0.25) is 0 Å². The minimum Gasteiger partial charge on any atom is -0.488 e. The van der Waals surface area contributed by atoms with Crippen molar-refractivity contribution in [1.29, 1.82) is 0 Å². The van der Waals surface area contributed by atoms with Crippen LogP contribution in [0.25, 0.3) is 0 Å². The van der Waals surface area contributed by atoms with E-state index in [0.29, 0.717) is 19.7 Å². The monoisotopic (exact) mass is 388 g/mol. The van der Waals surface area contributed by atoms with Crippen molar-refractivity contribution in [2.45, 2.75) is 46.3 Å². The van der Waals surface area contributed by atoms with Crippen LogP contribution in [0.3, 0.4) is 0 Å². The van der Waals surface area contributed by atoms with E-state index in [4.69, 9.17) is 9.47 Å². The van der Waals surface area contributed by atoms with E-state index >= 15 is 0 Å². The molecule has 1 aliphatic rings. The highest BCUT2D eigenvalue weighted by Crippen LogP contribution is 2.41. The van der Waals surface area contributed by atoms with Crippen LogP contribution < -0.4 is 20.1 Å². The zero-order chi connectivity index (χ0) is 19.4. The summed E-state index contributed by atoms with van der Waals surface area (Å²) in [5.74, 6) is 2.43. The van der Waals surface area contributed by atoms with Gasteiger partial charge in [-0.25, -0.2) is 4.98 Å². The standard InChI is InChI=1S/C20H28N4O2S/c1-13-17(27-14(2)24-13)12-23-19(21-5)22-9-10-25-16-8-6-7-15-11-20(3,4)26-18(15)16/h6-8H,9-12H2,1-5H3,(H2,21,22,23). The van der Waals surface area contributed by atoms with Crippen LogP contribution >= 0.6 is 11.3 Å². The molecule has 3 rings (SSSR count). The predicted molar refractivity (Wildman–Crippen MR) is 110 cm³/mol. The van der Waals surface area contributed by atoms with Crippen molar-refractivity contribution in [3.05, 3.63) is 39.3 Å². The number of hydrogen-bond acceptors (Lipinski definition) is 5. The molecule has 27 heavy (non-hydrogen) atoms. The van der Waals surface area contributed by atoms with Crippen molar-refractivity contribution < 1.29 is 9.47 Å². The molecule has 0 fully saturated rings. The van der Waals surface area contributed by atoms with Gasteiger partial charge in [-0.1, -0.05) is 12.1 Å². The second-order valence-corrected chi connectivity index (χ2v) is 8.51. The van der Waals surface area contributed by atoms with Crippen LogP contribution in [0.5, 0.6) is 11.5 Å². The van der Waals surface area contributed by atoms with E-state index in [1.54, 1.807) is 18.4 Å². The molecular weight excluding hydrogens is 360 g/mol. The van der Waals surface area contributed by atoms with Gasteiger partial charge in [0.1, 0.15) is 12.2 Å². The molecule has 1 aromatic carbocycles. The highest BCUT2D eigenvalue weighted by molar-refractivity contribution is 7.11. The van der Waals surface area contributed by atoms with Gasteiger partial charge in [0.05, 0.1) is 23.8 Å². The highest BCUT2D eigenvalue weighted by atomic mass is 32.1. The first-order valence-electron chi connectivity index (χ1n) is 9.19. The van der Waals surface area contributed by atoms with Crippen LogP contribution in [0.15, 0.2) is 23.2 Å². The molecule has 0 saturated carbocycles. The zero-order valence-corrected chi connectivity index (χ0v) is 17.5. The molecule has 6 nitrogen and oxygen atoms in total. The third-order valence-corrected chi connectivity index (χ3v) is 5.42. The number of aryl methyl sites for hydroxylation is 2.